The van der Waals surface area contributed by atoms with Crippen molar-refractivity contribution in [2.45, 2.75) is 58.0 Å². The lowest BCUT2D eigenvalue weighted by Crippen LogP contribution is -2.64. The Bertz CT molecular complexity index is 345. The van der Waals surface area contributed by atoms with Crippen molar-refractivity contribution in [3.8, 4) is 0 Å². The monoisotopic (exact) mass is 225 g/mol. The Labute approximate surface area is 95.6 Å². The molecule has 0 radical (unpaired) electrons. The molecule has 4 nitrogen and oxygen atoms in total. The second-order valence-corrected chi connectivity index (χ2v) is 5.92. The molecule has 0 aromatic rings. The third-order valence-corrected chi connectivity index (χ3v) is 4.23. The molecule has 0 aromatic heterocycles. The lowest BCUT2D eigenvalue weighted by molar-refractivity contribution is -0.140. The summed E-state index contributed by atoms with van der Waals surface area (Å²) in [4.78, 5) is 25.1. The van der Waals surface area contributed by atoms with Gasteiger partial charge in [0.15, 0.2) is 5.78 Å². The molecular weight excluding hydrogens is 206 g/mol. The number of carboxylic acid groups (broad SMARTS) is 1. The number of hydrogen-bond acceptors (Lipinski definition) is 2. The zero-order chi connectivity index (χ0) is 12.1. The summed E-state index contributed by atoms with van der Waals surface area (Å²) in [7, 11) is 0. The van der Waals surface area contributed by atoms with E-state index in [1.54, 1.807) is 0 Å². The fourth-order valence-corrected chi connectivity index (χ4v) is 3.46. The molecule has 2 heterocycles. The van der Waals surface area contributed by atoms with Crippen LogP contribution in [0.2, 0.25) is 0 Å². The second-order valence-electron chi connectivity index (χ2n) is 5.92. The molecule has 2 rings (SSSR count). The van der Waals surface area contributed by atoms with Crippen LogP contribution in [0, 0.1) is 5.41 Å². The average molecular weight is 225 g/mol. The first kappa shape index (κ1) is 11.4. The SMILES string of the molecule is CC(C)(C)C12CCC(CCC1=O)N2C(=O)O. The van der Waals surface area contributed by atoms with Crippen molar-refractivity contribution in [2.24, 2.45) is 5.41 Å². The van der Waals surface area contributed by atoms with Crippen LogP contribution < -0.4 is 0 Å². The Morgan fingerprint density at radius 1 is 1.44 bits per heavy atom. The zero-order valence-corrected chi connectivity index (χ0v) is 10.1. The van der Waals surface area contributed by atoms with E-state index in [4.69, 9.17) is 0 Å². The topological polar surface area (TPSA) is 57.6 Å². The minimum Gasteiger partial charge on any atom is -0.465 e. The van der Waals surface area contributed by atoms with Crippen LogP contribution in [0.3, 0.4) is 0 Å². The molecule has 2 aliphatic heterocycles. The van der Waals surface area contributed by atoms with E-state index < -0.39 is 11.6 Å². The van der Waals surface area contributed by atoms with Crippen molar-refractivity contribution in [3.05, 3.63) is 0 Å². The number of amides is 1. The molecule has 1 N–H and O–H groups in total. The second kappa shape index (κ2) is 3.22. The van der Waals surface area contributed by atoms with Crippen LogP contribution in [0.1, 0.15) is 46.5 Å². The highest BCUT2D eigenvalue weighted by atomic mass is 16.4. The molecular formula is C12H19NO3. The predicted octanol–water partition coefficient (Wildman–Crippen LogP) is 2.28. The van der Waals surface area contributed by atoms with Crippen LogP contribution in [0.5, 0.6) is 0 Å². The summed E-state index contributed by atoms with van der Waals surface area (Å²) in [6.07, 6.45) is 1.81. The van der Waals surface area contributed by atoms with Crippen LogP contribution in [-0.2, 0) is 4.79 Å². The first-order valence-electron chi connectivity index (χ1n) is 5.86. The summed E-state index contributed by atoms with van der Waals surface area (Å²) in [5, 5.41) is 9.34. The van der Waals surface area contributed by atoms with E-state index in [0.717, 1.165) is 6.42 Å². The molecule has 0 saturated carbocycles. The quantitative estimate of drug-likeness (QED) is 0.688. The van der Waals surface area contributed by atoms with Gasteiger partial charge < -0.3 is 5.11 Å². The van der Waals surface area contributed by atoms with Crippen molar-refractivity contribution >= 4 is 11.9 Å². The number of rotatable bonds is 0. The smallest absolute Gasteiger partial charge is 0.408 e. The van der Waals surface area contributed by atoms with Gasteiger partial charge in [-0.25, -0.2) is 4.79 Å². The van der Waals surface area contributed by atoms with Crippen molar-refractivity contribution < 1.29 is 14.7 Å². The number of ketones is 1. The van der Waals surface area contributed by atoms with E-state index in [2.05, 4.69) is 0 Å². The summed E-state index contributed by atoms with van der Waals surface area (Å²) < 4.78 is 0. The molecule has 90 valence electrons. The highest BCUT2D eigenvalue weighted by Gasteiger charge is 2.61. The normalized spacial score (nSPS) is 34.3. The number of carbonyl (C=O) groups is 2. The molecule has 2 aliphatic rings. The first-order chi connectivity index (χ1) is 7.30. The predicted molar refractivity (Wildman–Crippen MR) is 59.3 cm³/mol. The molecule has 0 spiro atoms. The maximum atomic E-state index is 12.2. The Morgan fingerprint density at radius 3 is 2.50 bits per heavy atom. The number of carbonyl (C=O) groups excluding carboxylic acids is 1. The van der Waals surface area contributed by atoms with Crippen molar-refractivity contribution in [1.82, 2.24) is 4.90 Å². The van der Waals surface area contributed by atoms with Gasteiger partial charge in [0.25, 0.3) is 0 Å². The third kappa shape index (κ3) is 1.22. The van der Waals surface area contributed by atoms with Crippen LogP contribution in [-0.4, -0.2) is 33.5 Å². The minimum absolute atomic E-state index is 0.0504. The van der Waals surface area contributed by atoms with E-state index in [1.807, 2.05) is 20.8 Å². The summed E-state index contributed by atoms with van der Waals surface area (Å²) in [6, 6.07) is 0.0504. The number of nitrogens with zero attached hydrogens (tertiary/aromatic N) is 1. The van der Waals surface area contributed by atoms with E-state index >= 15 is 0 Å². The molecule has 0 aliphatic carbocycles. The number of hydrogen-bond donors (Lipinski definition) is 1. The molecule has 2 unspecified atom stereocenters. The molecule has 16 heavy (non-hydrogen) atoms. The standard InChI is InChI=1S/C12H19NO3/c1-11(2,3)12-7-6-8(4-5-9(12)14)13(12)10(15)16/h8H,4-7H2,1-3H3,(H,15,16). The maximum Gasteiger partial charge on any atom is 0.408 e. The average Bonchev–Trinajstić information content (AvgIpc) is 2.45. The van der Waals surface area contributed by atoms with Gasteiger partial charge in [0, 0.05) is 12.5 Å². The number of fused-ring (bicyclic) bond motifs is 2. The third-order valence-electron chi connectivity index (χ3n) is 4.23. The van der Waals surface area contributed by atoms with Crippen molar-refractivity contribution in [3.63, 3.8) is 0 Å². The highest BCUT2D eigenvalue weighted by Crippen LogP contribution is 2.51. The van der Waals surface area contributed by atoms with Crippen LogP contribution >= 0.6 is 0 Å². The molecule has 2 fully saturated rings. The fraction of sp³-hybridized carbons (Fsp3) is 0.833. The minimum atomic E-state index is -0.939. The lowest BCUT2D eigenvalue weighted by Gasteiger charge is -2.49. The molecule has 2 atom stereocenters. The zero-order valence-electron chi connectivity index (χ0n) is 10.1. The van der Waals surface area contributed by atoms with Gasteiger partial charge in [-0.05, 0) is 24.7 Å². The van der Waals surface area contributed by atoms with Gasteiger partial charge in [-0.2, -0.15) is 0 Å². The van der Waals surface area contributed by atoms with E-state index in [1.165, 1.54) is 4.90 Å². The Kier molecular flexibility index (Phi) is 2.30. The van der Waals surface area contributed by atoms with Gasteiger partial charge in [0.1, 0.15) is 5.54 Å². The Balaban J connectivity index is 2.52. The van der Waals surface area contributed by atoms with Crippen LogP contribution in [0.15, 0.2) is 0 Å². The van der Waals surface area contributed by atoms with E-state index in [9.17, 15) is 14.7 Å². The van der Waals surface area contributed by atoms with Gasteiger partial charge in [0.2, 0.25) is 0 Å². The molecule has 0 aromatic carbocycles. The first-order valence-corrected chi connectivity index (χ1v) is 5.86. The number of Topliss-reactive ketones (excluding diaryl/α,β-unsaturated/α-hetero) is 1. The summed E-state index contributed by atoms with van der Waals surface area (Å²) in [6.45, 7) is 5.90. The summed E-state index contributed by atoms with van der Waals surface area (Å²) in [5.41, 5.74) is -1.10. The van der Waals surface area contributed by atoms with Crippen molar-refractivity contribution in [1.29, 1.82) is 0 Å². The summed E-state index contributed by atoms with van der Waals surface area (Å²) in [5.74, 6) is 0.108. The fourth-order valence-electron chi connectivity index (χ4n) is 3.46. The Morgan fingerprint density at radius 2 is 2.06 bits per heavy atom. The van der Waals surface area contributed by atoms with E-state index in [0.29, 0.717) is 19.3 Å². The van der Waals surface area contributed by atoms with Crippen LogP contribution in [0.4, 0.5) is 4.79 Å². The van der Waals surface area contributed by atoms with E-state index in [-0.39, 0.29) is 17.2 Å². The van der Waals surface area contributed by atoms with Gasteiger partial charge in [-0.15, -0.1) is 0 Å². The number of piperidine rings is 1. The summed E-state index contributed by atoms with van der Waals surface area (Å²) >= 11 is 0. The van der Waals surface area contributed by atoms with Gasteiger partial charge >= 0.3 is 6.09 Å². The lowest BCUT2D eigenvalue weighted by atomic mass is 9.68. The molecule has 2 saturated heterocycles. The maximum absolute atomic E-state index is 12.2. The van der Waals surface area contributed by atoms with Gasteiger partial charge in [-0.1, -0.05) is 20.8 Å². The molecule has 1 amide bonds. The largest absolute Gasteiger partial charge is 0.465 e. The Hall–Kier alpha value is -1.06. The molecule has 4 heteroatoms. The van der Waals surface area contributed by atoms with Gasteiger partial charge in [-0.3, -0.25) is 9.69 Å². The van der Waals surface area contributed by atoms with Crippen molar-refractivity contribution in [2.75, 3.05) is 0 Å². The van der Waals surface area contributed by atoms with Crippen LogP contribution in [0.25, 0.3) is 0 Å². The molecule has 2 bridgehead atoms. The highest BCUT2D eigenvalue weighted by molar-refractivity contribution is 5.94. The van der Waals surface area contributed by atoms with Gasteiger partial charge in [0.05, 0.1) is 0 Å².